The summed E-state index contributed by atoms with van der Waals surface area (Å²) in [4.78, 5) is 6.95. The van der Waals surface area contributed by atoms with Gasteiger partial charge in [0.05, 0.1) is 38.5 Å². The van der Waals surface area contributed by atoms with Gasteiger partial charge < -0.3 is 32.8 Å². The third-order valence-electron chi connectivity index (χ3n) is 27.6. The summed E-state index contributed by atoms with van der Waals surface area (Å²) in [6.45, 7) is 0. The number of hydrogen-bond acceptors (Lipinski definition) is 6. The van der Waals surface area contributed by atoms with Gasteiger partial charge in [-0.3, -0.25) is 0 Å². The van der Waals surface area contributed by atoms with Gasteiger partial charge in [0, 0.05) is 146 Å². The van der Waals surface area contributed by atoms with Crippen LogP contribution in [0.4, 0.5) is 51.2 Å². The van der Waals surface area contributed by atoms with Crippen LogP contribution in [0, 0.1) is 0 Å². The van der Waals surface area contributed by atoms with Crippen molar-refractivity contribution < 1.29 is 4.42 Å². The molecule has 0 radical (unpaired) electrons. The summed E-state index contributed by atoms with van der Waals surface area (Å²) in [6, 6.07) is 192. The van der Waals surface area contributed by atoms with E-state index in [-0.39, 0.29) is 0 Å². The predicted molar refractivity (Wildman–Crippen MR) is 601 cm³/mol. The molecule has 0 spiro atoms. The fourth-order valence-corrected chi connectivity index (χ4v) is 23.4. The van der Waals surface area contributed by atoms with Gasteiger partial charge >= 0.3 is 0 Å². The van der Waals surface area contributed by atoms with Crippen LogP contribution in [-0.4, -0.2) is 13.7 Å². The van der Waals surface area contributed by atoms with Crippen LogP contribution in [0.15, 0.2) is 538 Å². The first kappa shape index (κ1) is 83.5. The van der Waals surface area contributed by atoms with E-state index in [0.29, 0.717) is 0 Å². The Bertz CT molecular complexity index is 9350. The number of anilines is 9. The van der Waals surface area contributed by atoms with Crippen molar-refractivity contribution in [2.45, 2.75) is 0 Å². The van der Waals surface area contributed by atoms with Crippen molar-refractivity contribution in [3.8, 4) is 61.6 Å². The number of aromatic nitrogens is 3. The maximum absolute atomic E-state index is 6.51. The van der Waals surface area contributed by atoms with Crippen LogP contribution in [0.2, 0.25) is 0 Å². The van der Waals surface area contributed by atoms with Gasteiger partial charge in [0.25, 0.3) is 0 Å². The number of nitrogens with zero attached hydrogens (tertiary/aromatic N) is 6. The zero-order chi connectivity index (χ0) is 93.2. The normalized spacial score (nSPS) is 11.5. The molecule has 6 heterocycles. The maximum atomic E-state index is 6.51. The highest BCUT2D eigenvalue weighted by atomic mass is 32.1. The molecule has 7 nitrogen and oxygen atoms in total. The van der Waals surface area contributed by atoms with Crippen molar-refractivity contribution >= 4 is 202 Å². The zero-order valence-electron chi connectivity index (χ0n) is 76.7. The third-order valence-corrected chi connectivity index (χ3v) is 29.9. The van der Waals surface area contributed by atoms with Gasteiger partial charge in [-0.1, -0.05) is 315 Å². The number of para-hydroxylation sites is 8. The molecule has 0 amide bonds. The van der Waals surface area contributed by atoms with Gasteiger partial charge in [0.15, 0.2) is 0 Å². The zero-order valence-corrected chi connectivity index (χ0v) is 78.3. The minimum absolute atomic E-state index is 0.914. The van der Waals surface area contributed by atoms with Crippen LogP contribution in [0.25, 0.3) is 189 Å². The summed E-state index contributed by atoms with van der Waals surface area (Å²) in [5, 5.41) is 15.1. The van der Waals surface area contributed by atoms with Gasteiger partial charge in [0.2, 0.25) is 0 Å². The van der Waals surface area contributed by atoms with Crippen LogP contribution in [0.3, 0.4) is 0 Å². The summed E-state index contributed by atoms with van der Waals surface area (Å²) in [7, 11) is 0. The van der Waals surface area contributed by atoms with Crippen molar-refractivity contribution in [3.05, 3.63) is 534 Å². The number of benzene rings is 22. The lowest BCUT2D eigenvalue weighted by molar-refractivity contribution is 0.673. The molecule has 0 saturated carbocycles. The molecule has 0 saturated heterocycles. The Morgan fingerprint density at radius 2 is 0.482 bits per heavy atom. The maximum Gasteiger partial charge on any atom is 0.145 e. The Labute approximate surface area is 823 Å². The SMILES string of the molecule is c1ccc(-c2ccc(N(c3ccc(-c4ccccc4)cc3)c3ccc(-c4ccc(-n5c6ccccc6c6c7oc8ccccc8c7ccc65)cc4)cc3)cc2)cc1.c1ccc(N(c2ccccc2)c2ccc(-n3c4ccccc4c4cc(-c5ccc6sc7ccccc7c6c5)ccc43)cc2)cc1.c1ccc(N(c2ccccc2)c2cccc(-n3c4ccccc4c4c5sc6ccccc6c5ccc43)c2)cc1. The molecule has 664 valence electrons. The molecule has 0 atom stereocenters. The molecule has 22 aromatic carbocycles. The highest BCUT2D eigenvalue weighted by molar-refractivity contribution is 7.27. The van der Waals surface area contributed by atoms with E-state index >= 15 is 0 Å². The Kier molecular flexibility index (Phi) is 21.2. The second-order valence-electron chi connectivity index (χ2n) is 35.8. The summed E-state index contributed by atoms with van der Waals surface area (Å²) in [5.74, 6) is 0. The summed E-state index contributed by atoms with van der Waals surface area (Å²) < 4.78 is 19.0. The predicted octanol–water partition coefficient (Wildman–Crippen LogP) is 38.1. The number of hydrogen-bond donors (Lipinski definition) is 0. The largest absolute Gasteiger partial charge is 0.455 e. The molecular weight excluding hydrogens is 1750 g/mol. The van der Waals surface area contributed by atoms with Crippen LogP contribution in [0.1, 0.15) is 0 Å². The Balaban J connectivity index is 0.000000111. The molecule has 28 aromatic rings. The number of furan rings is 1. The molecule has 141 heavy (non-hydrogen) atoms. The van der Waals surface area contributed by atoms with Crippen LogP contribution in [0.5, 0.6) is 0 Å². The highest BCUT2D eigenvalue weighted by Crippen LogP contribution is 2.49. The minimum atomic E-state index is 0.914. The number of fused-ring (bicyclic) bond motifs is 20. The smallest absolute Gasteiger partial charge is 0.145 e. The van der Waals surface area contributed by atoms with Crippen molar-refractivity contribution in [2.75, 3.05) is 14.7 Å². The lowest BCUT2D eigenvalue weighted by Gasteiger charge is -2.26. The fourth-order valence-electron chi connectivity index (χ4n) is 21.0. The average Bonchev–Trinajstić information content (AvgIpc) is 1.55. The molecule has 0 N–H and O–H groups in total. The van der Waals surface area contributed by atoms with E-state index in [0.717, 1.165) is 118 Å². The van der Waals surface area contributed by atoms with E-state index in [1.807, 2.05) is 28.7 Å². The van der Waals surface area contributed by atoms with E-state index in [1.165, 1.54) is 123 Å². The third kappa shape index (κ3) is 15.2. The molecule has 0 aliphatic rings. The average molecular weight is 1840 g/mol. The van der Waals surface area contributed by atoms with Crippen molar-refractivity contribution in [3.63, 3.8) is 0 Å². The van der Waals surface area contributed by atoms with Crippen molar-refractivity contribution in [1.82, 2.24) is 13.7 Å². The minimum Gasteiger partial charge on any atom is -0.455 e. The Hall–Kier alpha value is -18.1. The number of rotatable bonds is 16. The molecule has 0 unspecified atom stereocenters. The molecule has 0 aliphatic carbocycles. The summed E-state index contributed by atoms with van der Waals surface area (Å²) in [6.07, 6.45) is 0. The first-order chi connectivity index (χ1) is 69.9. The Morgan fingerprint density at radius 3 is 1.01 bits per heavy atom. The van der Waals surface area contributed by atoms with Crippen molar-refractivity contribution in [2.24, 2.45) is 0 Å². The van der Waals surface area contributed by atoms with E-state index in [9.17, 15) is 0 Å². The van der Waals surface area contributed by atoms with Crippen LogP contribution >= 0.6 is 22.7 Å². The molecule has 9 heteroatoms. The molecule has 0 fully saturated rings. The first-order valence-corrected chi connectivity index (χ1v) is 49.5. The highest BCUT2D eigenvalue weighted by Gasteiger charge is 2.25. The molecule has 0 aliphatic heterocycles. The molecule has 28 rings (SSSR count). The van der Waals surface area contributed by atoms with E-state index in [1.54, 1.807) is 0 Å². The number of thiophene rings is 2. The first-order valence-electron chi connectivity index (χ1n) is 47.9. The van der Waals surface area contributed by atoms with Gasteiger partial charge in [-0.25, -0.2) is 0 Å². The van der Waals surface area contributed by atoms with E-state index in [2.05, 4.69) is 556 Å². The van der Waals surface area contributed by atoms with Gasteiger partial charge in [0.1, 0.15) is 11.2 Å². The molecule has 6 aromatic heterocycles. The van der Waals surface area contributed by atoms with E-state index < -0.39 is 0 Å². The molecular formula is C132H88N6OS2. The molecule has 0 bridgehead atoms. The topological polar surface area (TPSA) is 37.7 Å². The summed E-state index contributed by atoms with van der Waals surface area (Å²) in [5.41, 5.74) is 32.1. The van der Waals surface area contributed by atoms with Gasteiger partial charge in [-0.05, 0) is 263 Å². The Morgan fingerprint density at radius 1 is 0.163 bits per heavy atom. The van der Waals surface area contributed by atoms with Gasteiger partial charge in [-0.15, -0.1) is 22.7 Å². The van der Waals surface area contributed by atoms with Crippen LogP contribution in [-0.2, 0) is 0 Å². The van der Waals surface area contributed by atoms with Crippen LogP contribution < -0.4 is 14.7 Å². The lowest BCUT2D eigenvalue weighted by Crippen LogP contribution is -2.10. The van der Waals surface area contributed by atoms with E-state index in [4.69, 9.17) is 4.42 Å². The van der Waals surface area contributed by atoms with Gasteiger partial charge in [-0.2, -0.15) is 0 Å². The standard InChI is InChI=1S/C54H36N2O.C42H28N2S.C36H24N2S/c1-3-11-37(12-4-1)39-19-27-43(28-20-39)55(44-29-21-40(22-30-44)38-13-5-2-6-14-38)45-31-23-41(24-32-45)42-25-33-46(34-26-42)56-50-17-9-7-16-49(50)53-51(56)36-35-48-47-15-8-10-18-52(47)57-54(48)53;1-3-11-31(12-4-1)43(32-13-5-2-6-14-32)33-21-23-34(24-22-33)44-39-17-9-7-15-35(39)37-27-29(19-25-40(37)44)30-20-26-42-38(28-30)36-16-8-10-18-41(36)45-42;1-3-12-25(13-4-1)37(26-14-5-2-6-15-26)27-16-11-17-28(24-27)38-32-20-9-7-19-31(32)35-33(38)23-22-30-29-18-8-10-21-34(29)39-36(30)35/h1-36H;1-28H;1-24H. The lowest BCUT2D eigenvalue weighted by atomic mass is 10.0. The summed E-state index contributed by atoms with van der Waals surface area (Å²) >= 11 is 3.76. The van der Waals surface area contributed by atoms with Crippen molar-refractivity contribution in [1.29, 1.82) is 0 Å². The fraction of sp³-hybridized carbons (Fsp3) is 0. The monoisotopic (exact) mass is 1840 g/mol. The quantitative estimate of drug-likeness (QED) is 0.0966. The second kappa shape index (κ2) is 35.9. The second-order valence-corrected chi connectivity index (χ2v) is 37.9.